The average Bonchev–Trinajstić information content (AvgIpc) is 2.29. The molecule has 0 aliphatic heterocycles. The van der Waals surface area contributed by atoms with Gasteiger partial charge in [-0.05, 0) is 19.1 Å². The molecule has 2 rings (SSSR count). The minimum atomic E-state index is -0.387. The van der Waals surface area contributed by atoms with Crippen LogP contribution in [0, 0.1) is 12.7 Å². The fraction of sp³-hybridized carbons (Fsp3) is 0.111. The molecule has 0 aliphatic rings. The van der Waals surface area contributed by atoms with Gasteiger partial charge >= 0.3 is 0 Å². The fourth-order valence-corrected chi connectivity index (χ4v) is 2.18. The third-order valence-corrected chi connectivity index (χ3v) is 2.70. The summed E-state index contributed by atoms with van der Waals surface area (Å²) in [5, 5.41) is 10.1. The number of hydrogen-bond acceptors (Lipinski definition) is 2. The van der Waals surface area contributed by atoms with E-state index in [1.807, 2.05) is 13.0 Å². The van der Waals surface area contributed by atoms with Gasteiger partial charge in [0.2, 0.25) is 0 Å². The number of benzene rings is 1. The second-order valence-corrected chi connectivity index (χ2v) is 3.98. The quantitative estimate of drug-likeness (QED) is 0.663. The third kappa shape index (κ3) is 1.06. The zero-order valence-corrected chi connectivity index (χ0v) is 7.28. The molecular weight excluding hydrogens is 175 g/mol. The van der Waals surface area contributed by atoms with Gasteiger partial charge in [0.1, 0.15) is 11.6 Å². The lowest BCUT2D eigenvalue weighted by Gasteiger charge is -1.93. The highest BCUT2D eigenvalue weighted by Crippen LogP contribution is 2.32. The number of phenolic OH excluding ortho intramolecular Hbond substituents is 1. The zero-order chi connectivity index (χ0) is 8.72. The highest BCUT2D eigenvalue weighted by molar-refractivity contribution is 7.19. The summed E-state index contributed by atoms with van der Waals surface area (Å²) in [7, 11) is 0. The van der Waals surface area contributed by atoms with Crippen molar-refractivity contribution in [2.45, 2.75) is 6.92 Å². The van der Waals surface area contributed by atoms with Crippen molar-refractivity contribution in [3.8, 4) is 5.75 Å². The van der Waals surface area contributed by atoms with Gasteiger partial charge in [0, 0.05) is 21.0 Å². The summed E-state index contributed by atoms with van der Waals surface area (Å²) in [4.78, 5) is 1.07. The Morgan fingerprint density at radius 2 is 2.08 bits per heavy atom. The number of rotatable bonds is 0. The van der Waals surface area contributed by atoms with Crippen molar-refractivity contribution < 1.29 is 9.50 Å². The molecule has 0 aliphatic carbocycles. The molecule has 62 valence electrons. The Bertz CT molecular complexity index is 433. The molecule has 0 atom stereocenters. The second-order valence-electron chi connectivity index (χ2n) is 2.69. The highest BCUT2D eigenvalue weighted by atomic mass is 32.1. The smallest absolute Gasteiger partial charge is 0.128 e. The largest absolute Gasteiger partial charge is 0.507 e. The van der Waals surface area contributed by atoms with Gasteiger partial charge in [-0.3, -0.25) is 0 Å². The van der Waals surface area contributed by atoms with Gasteiger partial charge in [-0.1, -0.05) is 0 Å². The standard InChI is InChI=1S/C9H7FOS/c1-5-2-7-8(11)3-6(10)4-9(7)12-5/h2-4,11H,1H3. The Morgan fingerprint density at radius 3 is 2.83 bits per heavy atom. The molecule has 0 saturated carbocycles. The summed E-state index contributed by atoms with van der Waals surface area (Å²) in [6, 6.07) is 4.43. The summed E-state index contributed by atoms with van der Waals surface area (Å²) in [5.74, 6) is -0.365. The summed E-state index contributed by atoms with van der Waals surface area (Å²) < 4.78 is 13.5. The van der Waals surface area contributed by atoms with E-state index in [1.165, 1.54) is 17.4 Å². The van der Waals surface area contributed by atoms with E-state index >= 15 is 0 Å². The van der Waals surface area contributed by atoms with Crippen molar-refractivity contribution in [3.63, 3.8) is 0 Å². The van der Waals surface area contributed by atoms with Gasteiger partial charge in [0.25, 0.3) is 0 Å². The van der Waals surface area contributed by atoms with Crippen LogP contribution in [0.1, 0.15) is 4.88 Å². The van der Waals surface area contributed by atoms with Crippen LogP contribution < -0.4 is 0 Å². The Morgan fingerprint density at radius 1 is 1.33 bits per heavy atom. The van der Waals surface area contributed by atoms with Crippen LogP contribution in [0.15, 0.2) is 18.2 Å². The number of phenols is 1. The van der Waals surface area contributed by atoms with Crippen LogP contribution in [0.25, 0.3) is 10.1 Å². The molecular formula is C9H7FOS. The molecule has 2 aromatic rings. The average molecular weight is 182 g/mol. The van der Waals surface area contributed by atoms with Crippen molar-refractivity contribution in [2.75, 3.05) is 0 Å². The molecule has 1 aromatic carbocycles. The first-order valence-electron chi connectivity index (χ1n) is 3.55. The van der Waals surface area contributed by atoms with Crippen molar-refractivity contribution in [1.82, 2.24) is 0 Å². The molecule has 0 fully saturated rings. The molecule has 0 radical (unpaired) electrons. The fourth-order valence-electron chi connectivity index (χ4n) is 1.21. The summed E-state index contributed by atoms with van der Waals surface area (Å²) in [6.07, 6.45) is 0. The molecule has 0 spiro atoms. The molecule has 0 amide bonds. The summed E-state index contributed by atoms with van der Waals surface area (Å²) in [6.45, 7) is 1.93. The molecule has 12 heavy (non-hydrogen) atoms. The number of aryl methyl sites for hydroxylation is 1. The van der Waals surface area contributed by atoms with E-state index in [9.17, 15) is 9.50 Å². The van der Waals surface area contributed by atoms with Gasteiger partial charge in [-0.15, -0.1) is 11.3 Å². The van der Waals surface area contributed by atoms with Crippen LogP contribution in [0.4, 0.5) is 4.39 Å². The van der Waals surface area contributed by atoms with Crippen LogP contribution >= 0.6 is 11.3 Å². The van der Waals surface area contributed by atoms with Crippen LogP contribution in [0.3, 0.4) is 0 Å². The molecule has 0 bridgehead atoms. The maximum absolute atomic E-state index is 12.8. The Hall–Kier alpha value is -1.09. The molecule has 3 heteroatoms. The van der Waals surface area contributed by atoms with Crippen LogP contribution in [0.5, 0.6) is 5.75 Å². The third-order valence-electron chi connectivity index (χ3n) is 1.70. The first-order valence-corrected chi connectivity index (χ1v) is 4.37. The van der Waals surface area contributed by atoms with E-state index in [0.717, 1.165) is 21.0 Å². The minimum absolute atomic E-state index is 0.0225. The first kappa shape index (κ1) is 7.55. The minimum Gasteiger partial charge on any atom is -0.507 e. The SMILES string of the molecule is Cc1cc2c(O)cc(F)cc2s1. The number of fused-ring (bicyclic) bond motifs is 1. The molecule has 1 heterocycles. The van der Waals surface area contributed by atoms with Crippen molar-refractivity contribution >= 4 is 21.4 Å². The molecule has 0 unspecified atom stereocenters. The van der Waals surface area contributed by atoms with E-state index in [4.69, 9.17) is 0 Å². The van der Waals surface area contributed by atoms with E-state index in [2.05, 4.69) is 0 Å². The maximum Gasteiger partial charge on any atom is 0.128 e. The Balaban J connectivity index is 2.88. The number of thiophene rings is 1. The number of hydrogen-bond donors (Lipinski definition) is 1. The lowest BCUT2D eigenvalue weighted by atomic mass is 10.2. The first-order chi connectivity index (χ1) is 5.66. The van der Waals surface area contributed by atoms with E-state index in [1.54, 1.807) is 0 Å². The van der Waals surface area contributed by atoms with Gasteiger partial charge in [0.05, 0.1) is 0 Å². The predicted molar refractivity (Wildman–Crippen MR) is 48.2 cm³/mol. The summed E-state index contributed by atoms with van der Waals surface area (Å²) in [5.41, 5.74) is 0. The van der Waals surface area contributed by atoms with Crippen LogP contribution in [0.2, 0.25) is 0 Å². The van der Waals surface area contributed by atoms with E-state index in [-0.39, 0.29) is 11.6 Å². The maximum atomic E-state index is 12.8. The van der Waals surface area contributed by atoms with Crippen LogP contribution in [-0.2, 0) is 0 Å². The Labute approximate surface area is 73.1 Å². The summed E-state index contributed by atoms with van der Waals surface area (Å²) >= 11 is 1.48. The number of aromatic hydroxyl groups is 1. The number of halogens is 1. The molecule has 1 aromatic heterocycles. The van der Waals surface area contributed by atoms with Crippen molar-refractivity contribution in [1.29, 1.82) is 0 Å². The van der Waals surface area contributed by atoms with E-state index in [0.29, 0.717) is 0 Å². The van der Waals surface area contributed by atoms with Crippen molar-refractivity contribution in [3.05, 3.63) is 28.9 Å². The molecule has 1 nitrogen and oxygen atoms in total. The van der Waals surface area contributed by atoms with Gasteiger partial charge < -0.3 is 5.11 Å². The topological polar surface area (TPSA) is 20.2 Å². The lowest BCUT2D eigenvalue weighted by Crippen LogP contribution is -1.72. The normalized spacial score (nSPS) is 10.8. The Kier molecular flexibility index (Phi) is 1.54. The van der Waals surface area contributed by atoms with Gasteiger partial charge in [0.15, 0.2) is 0 Å². The molecule has 1 N–H and O–H groups in total. The molecule has 0 saturated heterocycles. The second kappa shape index (κ2) is 2.45. The van der Waals surface area contributed by atoms with Gasteiger partial charge in [-0.2, -0.15) is 0 Å². The lowest BCUT2D eigenvalue weighted by molar-refractivity contribution is 0.476. The zero-order valence-electron chi connectivity index (χ0n) is 6.47. The van der Waals surface area contributed by atoms with Crippen molar-refractivity contribution in [2.24, 2.45) is 0 Å². The monoisotopic (exact) mass is 182 g/mol. The highest BCUT2D eigenvalue weighted by Gasteiger charge is 2.05. The van der Waals surface area contributed by atoms with E-state index < -0.39 is 0 Å². The van der Waals surface area contributed by atoms with Crippen LogP contribution in [-0.4, -0.2) is 5.11 Å². The predicted octanol–water partition coefficient (Wildman–Crippen LogP) is 3.05. The van der Waals surface area contributed by atoms with Gasteiger partial charge in [-0.25, -0.2) is 4.39 Å².